The topological polar surface area (TPSA) is 67.2 Å². The Morgan fingerprint density at radius 1 is 1.38 bits per heavy atom. The van der Waals surface area contributed by atoms with Crippen molar-refractivity contribution in [3.05, 3.63) is 0 Å². The Morgan fingerprint density at radius 3 is 2.69 bits per heavy atom. The van der Waals surface area contributed by atoms with Crippen LogP contribution in [0.2, 0.25) is 8.94 Å². The van der Waals surface area contributed by atoms with E-state index in [1.54, 1.807) is 7.05 Å². The van der Waals surface area contributed by atoms with Gasteiger partial charge in [0, 0.05) is 0 Å². The molecule has 0 aromatic rings. The molecule has 4 N–H and O–H groups in total. The molecule has 0 aromatic carbocycles. The van der Waals surface area contributed by atoms with Gasteiger partial charge in [-0.3, -0.25) is 0 Å². The summed E-state index contributed by atoms with van der Waals surface area (Å²) in [7, 11) is 1.63. The molecule has 0 saturated carbocycles. The van der Waals surface area contributed by atoms with Crippen molar-refractivity contribution in [2.75, 3.05) is 20.1 Å². The van der Waals surface area contributed by atoms with Crippen molar-refractivity contribution in [2.24, 2.45) is 5.73 Å². The van der Waals surface area contributed by atoms with Crippen LogP contribution in [-0.2, 0) is 0 Å². The van der Waals surface area contributed by atoms with E-state index < -0.39 is 0 Å². The molecule has 0 heterocycles. The molecule has 0 spiro atoms. The van der Waals surface area contributed by atoms with E-state index in [1.807, 2.05) is 0 Å². The van der Waals surface area contributed by atoms with Crippen LogP contribution in [-0.4, -0.2) is 47.1 Å². The summed E-state index contributed by atoms with van der Waals surface area (Å²) in [6.07, 6.45) is 2.28. The van der Waals surface area contributed by atoms with Crippen molar-refractivity contribution in [3.8, 4) is 0 Å². The SMILES string of the molecule is CNC(=O)NCCC[Te]CCCN. The molecule has 13 heavy (non-hydrogen) atoms. The third-order valence-corrected chi connectivity index (χ3v) is 4.77. The molecule has 0 radical (unpaired) electrons. The molecule has 0 aromatic heterocycles. The van der Waals surface area contributed by atoms with Crippen LogP contribution in [0.1, 0.15) is 12.8 Å². The van der Waals surface area contributed by atoms with Gasteiger partial charge in [-0.1, -0.05) is 0 Å². The molecule has 5 heteroatoms. The van der Waals surface area contributed by atoms with Crippen molar-refractivity contribution in [1.29, 1.82) is 0 Å². The van der Waals surface area contributed by atoms with Gasteiger partial charge in [-0.2, -0.15) is 0 Å². The first-order valence-corrected chi connectivity index (χ1v) is 7.84. The van der Waals surface area contributed by atoms with E-state index in [0.717, 1.165) is 19.5 Å². The van der Waals surface area contributed by atoms with Gasteiger partial charge in [-0.25, -0.2) is 0 Å². The fourth-order valence-electron chi connectivity index (χ4n) is 0.752. The van der Waals surface area contributed by atoms with Gasteiger partial charge in [0.1, 0.15) is 0 Å². The molecule has 78 valence electrons. The van der Waals surface area contributed by atoms with Crippen molar-refractivity contribution in [3.63, 3.8) is 0 Å². The summed E-state index contributed by atoms with van der Waals surface area (Å²) in [6, 6.07) is -0.0810. The van der Waals surface area contributed by atoms with E-state index >= 15 is 0 Å². The Kier molecular flexibility index (Phi) is 10.1. The molecule has 2 amide bonds. The zero-order valence-electron chi connectivity index (χ0n) is 8.14. The van der Waals surface area contributed by atoms with E-state index in [2.05, 4.69) is 10.6 Å². The summed E-state index contributed by atoms with van der Waals surface area (Å²) in [5.74, 6) is 0. The molecule has 0 aliphatic heterocycles. The molecule has 0 rings (SSSR count). The molecule has 0 saturated heterocycles. The van der Waals surface area contributed by atoms with Gasteiger partial charge in [0.15, 0.2) is 0 Å². The Bertz CT molecular complexity index is 133. The van der Waals surface area contributed by atoms with Crippen LogP contribution in [0.5, 0.6) is 0 Å². The number of nitrogens with one attached hydrogen (secondary N) is 2. The number of amides is 2. The van der Waals surface area contributed by atoms with Crippen LogP contribution < -0.4 is 16.4 Å². The Morgan fingerprint density at radius 2 is 2.08 bits per heavy atom. The number of urea groups is 1. The number of carbonyl (C=O) groups excluding carboxylic acids is 1. The molecular weight excluding hydrogens is 282 g/mol. The summed E-state index contributed by atoms with van der Waals surface area (Å²) >= 11 is 0.169. The Labute approximate surface area is 90.1 Å². The number of hydrogen-bond acceptors (Lipinski definition) is 2. The maximum absolute atomic E-state index is 10.7. The Hall–Kier alpha value is 0.0196. The number of nitrogens with two attached hydrogens (primary N) is 1. The zero-order chi connectivity index (χ0) is 9.94. The fourth-order valence-corrected chi connectivity index (χ4v) is 3.39. The molecule has 0 unspecified atom stereocenters. The Balaban J connectivity index is 2.95. The number of carbonyl (C=O) groups is 1. The summed E-state index contributed by atoms with van der Waals surface area (Å²) in [5.41, 5.74) is 5.38. The fraction of sp³-hybridized carbons (Fsp3) is 0.875. The second kappa shape index (κ2) is 10.1. The van der Waals surface area contributed by atoms with Gasteiger partial charge in [0.2, 0.25) is 0 Å². The quantitative estimate of drug-likeness (QED) is 0.464. The molecule has 4 nitrogen and oxygen atoms in total. The van der Waals surface area contributed by atoms with Crippen LogP contribution in [0.15, 0.2) is 0 Å². The van der Waals surface area contributed by atoms with Crippen molar-refractivity contribution >= 4 is 27.0 Å². The molecule has 0 aliphatic rings. The van der Waals surface area contributed by atoms with Gasteiger partial charge in [-0.05, 0) is 0 Å². The monoisotopic (exact) mass is 303 g/mol. The van der Waals surface area contributed by atoms with E-state index in [-0.39, 0.29) is 27.0 Å². The van der Waals surface area contributed by atoms with Crippen molar-refractivity contribution in [2.45, 2.75) is 21.8 Å². The van der Waals surface area contributed by atoms with E-state index in [1.165, 1.54) is 15.4 Å². The normalized spacial score (nSPS) is 9.69. The average Bonchev–Trinajstić information content (AvgIpc) is 2.16. The van der Waals surface area contributed by atoms with E-state index in [4.69, 9.17) is 5.73 Å². The third-order valence-electron chi connectivity index (χ3n) is 1.47. The average molecular weight is 301 g/mol. The summed E-state index contributed by atoms with van der Waals surface area (Å²) in [4.78, 5) is 10.7. The molecule has 0 atom stereocenters. The van der Waals surface area contributed by atoms with Gasteiger partial charge >= 0.3 is 90.0 Å². The van der Waals surface area contributed by atoms with Crippen LogP contribution in [0, 0.1) is 0 Å². The van der Waals surface area contributed by atoms with E-state index in [0.29, 0.717) is 0 Å². The third kappa shape index (κ3) is 9.94. The second-order valence-corrected chi connectivity index (χ2v) is 6.11. The maximum atomic E-state index is 10.7. The van der Waals surface area contributed by atoms with Crippen LogP contribution >= 0.6 is 0 Å². The first kappa shape index (κ1) is 13.0. The molecule has 0 bridgehead atoms. The minimum atomic E-state index is -0.0810. The number of rotatable bonds is 7. The van der Waals surface area contributed by atoms with Gasteiger partial charge < -0.3 is 0 Å². The first-order chi connectivity index (χ1) is 6.31. The van der Waals surface area contributed by atoms with Crippen molar-refractivity contribution in [1.82, 2.24) is 10.6 Å². The zero-order valence-corrected chi connectivity index (χ0v) is 10.5. The molecule has 0 aliphatic carbocycles. The van der Waals surface area contributed by atoms with Crippen LogP contribution in [0.4, 0.5) is 4.79 Å². The summed E-state index contributed by atoms with van der Waals surface area (Å²) in [5, 5.41) is 5.29. The summed E-state index contributed by atoms with van der Waals surface area (Å²) < 4.78 is 2.64. The standard InChI is InChI=1S/C8H19N3OTe/c1-10-8(12)11-5-3-7-13-6-2-4-9/h2-7,9H2,1H3,(H2,10,11,12). The molecule has 0 fully saturated rings. The van der Waals surface area contributed by atoms with Crippen LogP contribution in [0.3, 0.4) is 0 Å². The van der Waals surface area contributed by atoms with Crippen molar-refractivity contribution < 1.29 is 4.79 Å². The summed E-state index contributed by atoms with van der Waals surface area (Å²) in [6.45, 7) is 1.62. The minimum absolute atomic E-state index is 0.0810. The van der Waals surface area contributed by atoms with Crippen LogP contribution in [0.25, 0.3) is 0 Å². The van der Waals surface area contributed by atoms with E-state index in [9.17, 15) is 4.79 Å². The second-order valence-electron chi connectivity index (χ2n) is 2.61. The predicted molar refractivity (Wildman–Crippen MR) is 56.1 cm³/mol. The predicted octanol–water partition coefficient (Wildman–Crippen LogP) is 0.195. The first-order valence-electron chi connectivity index (χ1n) is 4.54. The number of hydrogen-bond donors (Lipinski definition) is 3. The molecular formula is C8H19N3OTe. The van der Waals surface area contributed by atoms with Gasteiger partial charge in [0.05, 0.1) is 0 Å². The van der Waals surface area contributed by atoms with Gasteiger partial charge in [0.25, 0.3) is 0 Å². The van der Waals surface area contributed by atoms with Gasteiger partial charge in [-0.15, -0.1) is 0 Å².